The van der Waals surface area contributed by atoms with Crippen LogP contribution in [0.4, 0.5) is 5.69 Å². The van der Waals surface area contributed by atoms with Gasteiger partial charge in [0.05, 0.1) is 24.8 Å². The molecule has 0 unspecified atom stereocenters. The zero-order valence-corrected chi connectivity index (χ0v) is 12.3. The number of benzene rings is 1. The topological polar surface area (TPSA) is 87.0 Å². The van der Waals surface area contributed by atoms with Gasteiger partial charge in [-0.2, -0.15) is 0 Å². The number of hydrogen-bond donors (Lipinski definition) is 1. The molecule has 0 bridgehead atoms. The molecule has 2 rings (SSSR count). The third kappa shape index (κ3) is 2.30. The van der Waals surface area contributed by atoms with Crippen molar-refractivity contribution in [1.82, 2.24) is 4.57 Å². The SMILES string of the molecule is CCOC(=O)c1c(C)n(C)c2ccc(OC)c(N([O-])O)c12. The molecule has 1 aromatic heterocycles. The quantitative estimate of drug-likeness (QED) is 0.688. The van der Waals surface area contributed by atoms with Gasteiger partial charge in [-0.3, -0.25) is 5.21 Å². The van der Waals surface area contributed by atoms with E-state index in [1.807, 2.05) is 0 Å². The molecule has 1 aromatic carbocycles. The van der Waals surface area contributed by atoms with Crippen LogP contribution in [0.2, 0.25) is 0 Å². The highest BCUT2D eigenvalue weighted by molar-refractivity contribution is 6.12. The number of ether oxygens (including phenoxy) is 2. The predicted molar refractivity (Wildman–Crippen MR) is 77.8 cm³/mol. The van der Waals surface area contributed by atoms with Gasteiger partial charge >= 0.3 is 5.97 Å². The first kappa shape index (κ1) is 15.1. The highest BCUT2D eigenvalue weighted by atomic mass is 16.8. The summed E-state index contributed by atoms with van der Waals surface area (Å²) in [5, 5.41) is 21.0. The van der Waals surface area contributed by atoms with Gasteiger partial charge in [-0.15, -0.1) is 0 Å². The van der Waals surface area contributed by atoms with Gasteiger partial charge in [0.2, 0.25) is 0 Å². The zero-order chi connectivity index (χ0) is 15.7. The third-order valence-electron chi connectivity index (χ3n) is 3.49. The van der Waals surface area contributed by atoms with Crippen molar-refractivity contribution >= 4 is 22.6 Å². The molecule has 0 saturated carbocycles. The van der Waals surface area contributed by atoms with E-state index in [1.165, 1.54) is 7.11 Å². The van der Waals surface area contributed by atoms with Gasteiger partial charge in [-0.05, 0) is 26.0 Å². The molecule has 114 valence electrons. The Kier molecular flexibility index (Phi) is 4.06. The second kappa shape index (κ2) is 5.63. The van der Waals surface area contributed by atoms with E-state index >= 15 is 0 Å². The van der Waals surface area contributed by atoms with Crippen molar-refractivity contribution in [3.05, 3.63) is 28.6 Å². The normalized spacial score (nSPS) is 10.8. The van der Waals surface area contributed by atoms with E-state index in [4.69, 9.17) is 9.47 Å². The number of aromatic nitrogens is 1. The summed E-state index contributed by atoms with van der Waals surface area (Å²) in [6, 6.07) is 3.28. The Balaban J connectivity index is 2.89. The van der Waals surface area contributed by atoms with E-state index in [2.05, 4.69) is 0 Å². The van der Waals surface area contributed by atoms with Crippen molar-refractivity contribution in [2.75, 3.05) is 18.9 Å². The van der Waals surface area contributed by atoms with Crippen LogP contribution in [0.15, 0.2) is 12.1 Å². The number of rotatable bonds is 4. The Morgan fingerprint density at radius 1 is 1.48 bits per heavy atom. The minimum Gasteiger partial charge on any atom is -0.733 e. The molecule has 7 heteroatoms. The van der Waals surface area contributed by atoms with Crippen LogP contribution < -0.4 is 9.96 Å². The Hall–Kier alpha value is -2.25. The average molecular weight is 293 g/mol. The van der Waals surface area contributed by atoms with Crippen LogP contribution in [0, 0.1) is 12.1 Å². The van der Waals surface area contributed by atoms with E-state index in [1.54, 1.807) is 37.6 Å². The summed E-state index contributed by atoms with van der Waals surface area (Å²) < 4.78 is 11.9. The molecule has 1 heterocycles. The number of aryl methyl sites for hydroxylation is 1. The standard InChI is InChI=1S/C14H17N2O5/c1-5-21-14(17)11-8(2)15(3)9-6-7-10(20-4)13(12(9)11)16(18)19/h6-7,18H,5H2,1-4H3/q-1. The Labute approximate surface area is 121 Å². The number of nitrogens with zero attached hydrogens (tertiary/aromatic N) is 2. The monoisotopic (exact) mass is 293 g/mol. The third-order valence-corrected chi connectivity index (χ3v) is 3.49. The first-order chi connectivity index (χ1) is 9.93. The predicted octanol–water partition coefficient (Wildman–Crippen LogP) is 2.37. The maximum atomic E-state index is 12.2. The van der Waals surface area contributed by atoms with Crippen molar-refractivity contribution in [3.8, 4) is 5.75 Å². The van der Waals surface area contributed by atoms with Crippen molar-refractivity contribution < 1.29 is 19.5 Å². The number of anilines is 1. The van der Waals surface area contributed by atoms with Crippen molar-refractivity contribution in [2.24, 2.45) is 7.05 Å². The molecular formula is C14H17N2O5-. The van der Waals surface area contributed by atoms with E-state index < -0.39 is 5.97 Å². The van der Waals surface area contributed by atoms with Crippen LogP contribution in [0.25, 0.3) is 10.9 Å². The van der Waals surface area contributed by atoms with Crippen LogP contribution in [0.5, 0.6) is 5.75 Å². The minimum atomic E-state index is -0.544. The Morgan fingerprint density at radius 3 is 2.67 bits per heavy atom. The molecule has 0 aliphatic rings. The van der Waals surface area contributed by atoms with Crippen molar-refractivity contribution in [1.29, 1.82) is 0 Å². The smallest absolute Gasteiger partial charge is 0.340 e. The van der Waals surface area contributed by atoms with E-state index in [-0.39, 0.29) is 28.8 Å². The first-order valence-corrected chi connectivity index (χ1v) is 6.43. The van der Waals surface area contributed by atoms with Crippen LogP contribution in [-0.4, -0.2) is 29.5 Å². The van der Waals surface area contributed by atoms with Gasteiger partial charge in [-0.1, -0.05) is 0 Å². The molecule has 0 fully saturated rings. The molecule has 0 aliphatic heterocycles. The summed E-state index contributed by atoms with van der Waals surface area (Å²) in [6.07, 6.45) is 0. The molecule has 0 saturated heterocycles. The van der Waals surface area contributed by atoms with Gasteiger partial charge in [0.15, 0.2) is 0 Å². The molecule has 0 spiro atoms. The van der Waals surface area contributed by atoms with E-state index in [9.17, 15) is 15.2 Å². The molecule has 1 N–H and O–H groups in total. The number of fused-ring (bicyclic) bond motifs is 1. The molecule has 0 radical (unpaired) electrons. The van der Waals surface area contributed by atoms with E-state index in [0.29, 0.717) is 16.6 Å². The van der Waals surface area contributed by atoms with Gasteiger partial charge < -0.3 is 24.5 Å². The highest BCUT2D eigenvalue weighted by Gasteiger charge is 2.24. The molecule has 21 heavy (non-hydrogen) atoms. The summed E-state index contributed by atoms with van der Waals surface area (Å²) in [6.45, 7) is 3.66. The van der Waals surface area contributed by atoms with Crippen LogP contribution in [-0.2, 0) is 11.8 Å². The van der Waals surface area contributed by atoms with Crippen LogP contribution in [0.3, 0.4) is 0 Å². The fourth-order valence-electron chi connectivity index (χ4n) is 2.42. The molecule has 0 atom stereocenters. The van der Waals surface area contributed by atoms with Gasteiger partial charge in [0, 0.05) is 18.1 Å². The van der Waals surface area contributed by atoms with Gasteiger partial charge in [-0.25, -0.2) is 4.79 Å². The fraction of sp³-hybridized carbons (Fsp3) is 0.357. The van der Waals surface area contributed by atoms with Crippen LogP contribution in [0.1, 0.15) is 23.0 Å². The molecule has 0 aliphatic carbocycles. The van der Waals surface area contributed by atoms with Crippen molar-refractivity contribution in [2.45, 2.75) is 13.8 Å². The lowest BCUT2D eigenvalue weighted by molar-refractivity contribution is 0.0527. The highest BCUT2D eigenvalue weighted by Crippen LogP contribution is 2.39. The first-order valence-electron chi connectivity index (χ1n) is 6.43. The summed E-state index contributed by atoms with van der Waals surface area (Å²) in [5.41, 5.74) is 1.40. The van der Waals surface area contributed by atoms with Gasteiger partial charge in [0.25, 0.3) is 0 Å². The summed E-state index contributed by atoms with van der Waals surface area (Å²) in [7, 11) is 3.15. The molecule has 7 nitrogen and oxygen atoms in total. The molecular weight excluding hydrogens is 276 g/mol. The Morgan fingerprint density at radius 2 is 2.14 bits per heavy atom. The fourth-order valence-corrected chi connectivity index (χ4v) is 2.42. The zero-order valence-electron chi connectivity index (χ0n) is 12.3. The summed E-state index contributed by atoms with van der Waals surface area (Å²) >= 11 is 0. The average Bonchev–Trinajstić information content (AvgIpc) is 2.70. The lowest BCUT2D eigenvalue weighted by Gasteiger charge is -2.25. The van der Waals surface area contributed by atoms with E-state index in [0.717, 1.165) is 0 Å². The summed E-state index contributed by atoms with van der Waals surface area (Å²) in [5.74, 6) is -0.367. The van der Waals surface area contributed by atoms with Gasteiger partial charge in [0.1, 0.15) is 11.4 Å². The summed E-state index contributed by atoms with van der Waals surface area (Å²) in [4.78, 5) is 12.2. The number of esters is 1. The number of methoxy groups -OCH3 is 1. The Bertz CT molecular complexity index is 690. The lowest BCUT2D eigenvalue weighted by Crippen LogP contribution is -2.11. The molecule has 0 amide bonds. The van der Waals surface area contributed by atoms with Crippen molar-refractivity contribution in [3.63, 3.8) is 0 Å². The maximum absolute atomic E-state index is 12.2. The maximum Gasteiger partial charge on any atom is 0.340 e. The molecule has 2 aromatic rings. The minimum absolute atomic E-state index is 0.109. The second-order valence-electron chi connectivity index (χ2n) is 4.52. The van der Waals surface area contributed by atoms with Crippen LogP contribution >= 0.6 is 0 Å². The number of carbonyl (C=O) groups excluding carboxylic acids is 1. The second-order valence-corrected chi connectivity index (χ2v) is 4.52. The number of hydrogen-bond acceptors (Lipinski definition) is 6. The number of carbonyl (C=O) groups is 1. The lowest BCUT2D eigenvalue weighted by atomic mass is 10.1. The largest absolute Gasteiger partial charge is 0.733 e.